The van der Waals surface area contributed by atoms with Gasteiger partial charge in [-0.3, -0.25) is 0 Å². The number of pyridine rings is 1. The van der Waals surface area contributed by atoms with Crippen molar-refractivity contribution in [2.45, 2.75) is 34.6 Å². The molecule has 0 unspecified atom stereocenters. The van der Waals surface area contributed by atoms with Gasteiger partial charge in [0.15, 0.2) is 11.6 Å². The number of ether oxygens (including phenoxy) is 1. The highest BCUT2D eigenvalue weighted by molar-refractivity contribution is 6.29. The van der Waals surface area contributed by atoms with E-state index in [1.807, 2.05) is 32.6 Å². The lowest BCUT2D eigenvalue weighted by molar-refractivity contribution is 0.122. The van der Waals surface area contributed by atoms with Gasteiger partial charge in [-0.15, -0.1) is 0 Å². The number of aryl methyl sites for hydroxylation is 1. The molecule has 1 aromatic rings. The van der Waals surface area contributed by atoms with Crippen LogP contribution in [0.4, 0.5) is 10.2 Å². The van der Waals surface area contributed by atoms with Gasteiger partial charge in [0.2, 0.25) is 0 Å². The van der Waals surface area contributed by atoms with Crippen molar-refractivity contribution in [2.75, 3.05) is 31.2 Å². The van der Waals surface area contributed by atoms with E-state index in [4.69, 9.17) is 16.3 Å². The minimum atomic E-state index is -0.290. The van der Waals surface area contributed by atoms with Gasteiger partial charge in [0.05, 0.1) is 13.2 Å². The van der Waals surface area contributed by atoms with E-state index in [9.17, 15) is 4.39 Å². The first-order valence-corrected chi connectivity index (χ1v) is 7.21. The summed E-state index contributed by atoms with van der Waals surface area (Å²) in [5.74, 6) is 0.0459. The lowest BCUT2D eigenvalue weighted by Crippen LogP contribution is -2.37. The third-order valence-electron chi connectivity index (χ3n) is 2.40. The molecule has 0 aliphatic carbocycles. The van der Waals surface area contributed by atoms with E-state index in [2.05, 4.69) is 4.98 Å². The van der Waals surface area contributed by atoms with E-state index in [1.165, 1.54) is 6.07 Å². The third kappa shape index (κ3) is 5.33. The van der Waals surface area contributed by atoms with Crippen LogP contribution in [0.5, 0.6) is 0 Å². The molecule has 0 saturated carbocycles. The molecule has 3 nitrogen and oxygen atoms in total. The molecule has 0 spiro atoms. The van der Waals surface area contributed by atoms with E-state index in [-0.39, 0.29) is 5.82 Å². The predicted molar refractivity (Wildman–Crippen MR) is 79.7 cm³/mol. The van der Waals surface area contributed by atoms with Gasteiger partial charge >= 0.3 is 0 Å². The highest BCUT2D eigenvalue weighted by atomic mass is 35.5. The number of morpholine rings is 1. The van der Waals surface area contributed by atoms with Gasteiger partial charge in [-0.25, -0.2) is 9.37 Å². The SMILES string of the molecule is CC.CC.Cc1cc(Cl)nc(N2CCOCC2)c1F. The van der Waals surface area contributed by atoms with Gasteiger partial charge < -0.3 is 9.64 Å². The zero-order valence-electron chi connectivity index (χ0n) is 12.5. The van der Waals surface area contributed by atoms with Gasteiger partial charge in [-0.05, 0) is 18.6 Å². The molecule has 1 aromatic heterocycles. The minimum absolute atomic E-state index is 0.290. The monoisotopic (exact) mass is 290 g/mol. The third-order valence-corrected chi connectivity index (χ3v) is 2.60. The van der Waals surface area contributed by atoms with Crippen LogP contribution in [0.3, 0.4) is 0 Å². The Morgan fingerprint density at radius 3 is 2.26 bits per heavy atom. The molecular formula is C14H24ClFN2O. The molecule has 0 amide bonds. The van der Waals surface area contributed by atoms with Gasteiger partial charge in [-0.2, -0.15) is 0 Å². The number of halogens is 2. The molecule has 0 N–H and O–H groups in total. The second-order valence-corrected chi connectivity index (χ2v) is 3.89. The summed E-state index contributed by atoms with van der Waals surface area (Å²) >= 11 is 5.81. The second kappa shape index (κ2) is 9.98. The predicted octanol–water partition coefficient (Wildman–Crippen LogP) is 4.07. The van der Waals surface area contributed by atoms with E-state index >= 15 is 0 Å². The highest BCUT2D eigenvalue weighted by Gasteiger charge is 2.18. The average molecular weight is 291 g/mol. The van der Waals surface area contributed by atoms with E-state index in [0.717, 1.165) is 0 Å². The van der Waals surface area contributed by atoms with Crippen LogP contribution in [-0.4, -0.2) is 31.3 Å². The fraction of sp³-hybridized carbons (Fsp3) is 0.643. The summed E-state index contributed by atoms with van der Waals surface area (Å²) in [5, 5.41) is 0.329. The van der Waals surface area contributed by atoms with Crippen molar-refractivity contribution in [3.05, 3.63) is 22.6 Å². The second-order valence-electron chi connectivity index (χ2n) is 3.50. The maximum absolute atomic E-state index is 13.8. The molecule has 110 valence electrons. The molecule has 1 saturated heterocycles. The minimum Gasteiger partial charge on any atom is -0.378 e. The number of nitrogens with zero attached hydrogens (tertiary/aromatic N) is 2. The Hall–Kier alpha value is -0.870. The van der Waals surface area contributed by atoms with Crippen molar-refractivity contribution in [1.82, 2.24) is 4.98 Å². The summed E-state index contributed by atoms with van der Waals surface area (Å²) in [6.45, 7) is 12.2. The van der Waals surface area contributed by atoms with Crippen LogP contribution in [0.2, 0.25) is 5.15 Å². The van der Waals surface area contributed by atoms with Crippen molar-refractivity contribution in [3.8, 4) is 0 Å². The maximum Gasteiger partial charge on any atom is 0.168 e. The maximum atomic E-state index is 13.8. The largest absolute Gasteiger partial charge is 0.378 e. The van der Waals surface area contributed by atoms with Crippen LogP contribution in [-0.2, 0) is 4.74 Å². The molecule has 0 aromatic carbocycles. The molecule has 0 atom stereocenters. The van der Waals surface area contributed by atoms with Crippen LogP contribution in [0.25, 0.3) is 0 Å². The fourth-order valence-electron chi connectivity index (χ4n) is 1.59. The van der Waals surface area contributed by atoms with Crippen LogP contribution >= 0.6 is 11.6 Å². The zero-order chi connectivity index (χ0) is 14.8. The Kier molecular flexibility index (Phi) is 9.53. The number of aromatic nitrogens is 1. The standard InChI is InChI=1S/C10H12ClFN2O.2C2H6/c1-7-6-8(11)13-10(9(7)12)14-2-4-15-5-3-14;2*1-2/h6H,2-5H2,1H3;2*1-2H3. The van der Waals surface area contributed by atoms with Crippen molar-refractivity contribution >= 4 is 17.4 Å². The first kappa shape index (κ1) is 18.1. The van der Waals surface area contributed by atoms with Crippen LogP contribution in [0, 0.1) is 12.7 Å². The van der Waals surface area contributed by atoms with E-state index in [1.54, 1.807) is 6.92 Å². The normalized spacial score (nSPS) is 13.9. The van der Waals surface area contributed by atoms with Gasteiger partial charge in [0.1, 0.15) is 5.15 Å². The zero-order valence-corrected chi connectivity index (χ0v) is 13.2. The molecule has 2 rings (SSSR count). The molecule has 2 heterocycles. The average Bonchev–Trinajstić information content (AvgIpc) is 2.48. The summed E-state index contributed by atoms with van der Waals surface area (Å²) < 4.78 is 19.0. The van der Waals surface area contributed by atoms with Crippen LogP contribution < -0.4 is 4.90 Å². The summed E-state index contributed by atoms with van der Waals surface area (Å²) in [6.07, 6.45) is 0. The van der Waals surface area contributed by atoms with Crippen molar-refractivity contribution in [3.63, 3.8) is 0 Å². The molecule has 1 aliphatic rings. The Labute approximate surface area is 120 Å². The van der Waals surface area contributed by atoms with Crippen LogP contribution in [0.15, 0.2) is 6.07 Å². The summed E-state index contributed by atoms with van der Waals surface area (Å²) in [4.78, 5) is 5.88. The van der Waals surface area contributed by atoms with Gasteiger partial charge in [0.25, 0.3) is 0 Å². The summed E-state index contributed by atoms with van der Waals surface area (Å²) in [6, 6.07) is 1.53. The first-order valence-electron chi connectivity index (χ1n) is 6.84. The molecule has 5 heteroatoms. The number of anilines is 1. The van der Waals surface area contributed by atoms with Crippen LogP contribution in [0.1, 0.15) is 33.3 Å². The van der Waals surface area contributed by atoms with E-state index in [0.29, 0.717) is 42.8 Å². The number of rotatable bonds is 1. The highest BCUT2D eigenvalue weighted by Crippen LogP contribution is 2.23. The Bertz CT molecular complexity index is 369. The molecular weight excluding hydrogens is 267 g/mol. The first-order chi connectivity index (χ1) is 9.18. The van der Waals surface area contributed by atoms with E-state index < -0.39 is 0 Å². The van der Waals surface area contributed by atoms with Crippen molar-refractivity contribution in [2.24, 2.45) is 0 Å². The lowest BCUT2D eigenvalue weighted by atomic mass is 10.2. The number of hydrogen-bond acceptors (Lipinski definition) is 3. The molecule has 19 heavy (non-hydrogen) atoms. The Morgan fingerprint density at radius 2 is 1.74 bits per heavy atom. The molecule has 0 radical (unpaired) electrons. The quantitative estimate of drug-likeness (QED) is 0.729. The molecule has 0 bridgehead atoms. The Balaban J connectivity index is 0.000000741. The van der Waals surface area contributed by atoms with Crippen molar-refractivity contribution in [1.29, 1.82) is 0 Å². The number of hydrogen-bond donors (Lipinski definition) is 0. The molecule has 1 fully saturated rings. The Morgan fingerprint density at radius 1 is 1.21 bits per heavy atom. The molecule has 1 aliphatic heterocycles. The fourth-order valence-corrected chi connectivity index (χ4v) is 1.83. The lowest BCUT2D eigenvalue weighted by Gasteiger charge is -2.28. The van der Waals surface area contributed by atoms with Gasteiger partial charge in [0, 0.05) is 13.1 Å². The summed E-state index contributed by atoms with van der Waals surface area (Å²) in [5.41, 5.74) is 0.525. The van der Waals surface area contributed by atoms with Crippen molar-refractivity contribution < 1.29 is 9.13 Å². The summed E-state index contributed by atoms with van der Waals surface area (Å²) in [7, 11) is 0. The van der Waals surface area contributed by atoms with Gasteiger partial charge in [-0.1, -0.05) is 39.3 Å². The smallest absolute Gasteiger partial charge is 0.168 e. The topological polar surface area (TPSA) is 25.4 Å².